The number of halogens is 1. The van der Waals surface area contributed by atoms with Gasteiger partial charge in [0.15, 0.2) is 11.7 Å². The molecule has 1 aromatic heterocycles. The van der Waals surface area contributed by atoms with Crippen LogP contribution in [0.1, 0.15) is 38.2 Å². The Morgan fingerprint density at radius 3 is 2.48 bits per heavy atom. The summed E-state index contributed by atoms with van der Waals surface area (Å²) in [6, 6.07) is 0.412. The first-order chi connectivity index (χ1) is 10.5. The molecular weight excluding hydrogens is 322 g/mol. The Morgan fingerprint density at radius 1 is 1.39 bits per heavy atom. The van der Waals surface area contributed by atoms with Gasteiger partial charge in [0.25, 0.3) is 5.91 Å². The van der Waals surface area contributed by atoms with Crippen molar-refractivity contribution >= 4 is 29.2 Å². The topological polar surface area (TPSA) is 104 Å². The van der Waals surface area contributed by atoms with E-state index < -0.39 is 29.6 Å². The number of nitrogens with zero attached hydrogens (tertiary/aromatic N) is 1. The van der Waals surface area contributed by atoms with Gasteiger partial charge in [-0.2, -0.15) is 0 Å². The number of carbonyl (C=O) groups excluding carboxylic acids is 2. The number of methoxy groups -OCH3 is 1. The summed E-state index contributed by atoms with van der Waals surface area (Å²) in [6.07, 6.45) is 0.689. The van der Waals surface area contributed by atoms with Gasteiger partial charge in [-0.15, -0.1) is 0 Å². The Bertz CT molecular complexity index is 587. The van der Waals surface area contributed by atoms with E-state index in [2.05, 4.69) is 10.3 Å². The summed E-state index contributed by atoms with van der Waals surface area (Å²) in [5.41, 5.74) is 5.33. The van der Waals surface area contributed by atoms with Crippen LogP contribution >= 0.6 is 11.6 Å². The fourth-order valence-corrected chi connectivity index (χ4v) is 2.14. The van der Waals surface area contributed by atoms with Crippen molar-refractivity contribution in [1.29, 1.82) is 0 Å². The van der Waals surface area contributed by atoms with Gasteiger partial charge in [0.05, 0.1) is 29.5 Å². The molecule has 0 aromatic carbocycles. The van der Waals surface area contributed by atoms with Crippen LogP contribution in [0.25, 0.3) is 0 Å². The zero-order chi connectivity index (χ0) is 17.8. The molecule has 7 nitrogen and oxygen atoms in total. The molecule has 8 heteroatoms. The zero-order valence-corrected chi connectivity index (χ0v) is 14.6. The van der Waals surface area contributed by atoms with E-state index in [9.17, 15) is 9.59 Å². The number of ether oxygens (including phenoxy) is 2. The summed E-state index contributed by atoms with van der Waals surface area (Å²) < 4.78 is 10.4. The van der Waals surface area contributed by atoms with Crippen molar-refractivity contribution in [2.45, 2.75) is 45.4 Å². The molecular formula is C15H22ClN3O4. The first-order valence-corrected chi connectivity index (χ1v) is 7.40. The Balaban J connectivity index is 2.96. The largest absolute Gasteiger partial charge is 0.467 e. The van der Waals surface area contributed by atoms with E-state index in [1.54, 1.807) is 6.92 Å². The molecule has 0 aliphatic rings. The van der Waals surface area contributed by atoms with Crippen molar-refractivity contribution in [3.05, 3.63) is 23.0 Å². The molecule has 0 bridgehead atoms. The number of hydrogen-bond donors (Lipinski definition) is 2. The Morgan fingerprint density at radius 2 is 2.00 bits per heavy atom. The first-order valence-electron chi connectivity index (χ1n) is 7.02. The normalized spacial score (nSPS) is 14.0. The Labute approximate surface area is 140 Å². The summed E-state index contributed by atoms with van der Waals surface area (Å²) in [7, 11) is 1.24. The highest BCUT2D eigenvalue weighted by Crippen LogP contribution is 2.17. The molecule has 23 heavy (non-hydrogen) atoms. The minimum absolute atomic E-state index is 0.0220. The summed E-state index contributed by atoms with van der Waals surface area (Å²) >= 11 is 5.76. The van der Waals surface area contributed by atoms with E-state index in [4.69, 9.17) is 26.8 Å². The molecule has 1 rings (SSSR count). The standard InChI is InChI=1S/C15H22ClN3O4/c1-8(23-15(2,3)4)11(14(21)22-5)19-13(20)12-10(17)6-9(16)7-18-12/h6-8,11H,17H2,1-5H3,(H,19,20)/t8-,11+/m1/s1. The first kappa shape index (κ1) is 19.2. The van der Waals surface area contributed by atoms with Crippen LogP contribution in [0, 0.1) is 0 Å². The number of hydrogen-bond acceptors (Lipinski definition) is 6. The highest BCUT2D eigenvalue weighted by molar-refractivity contribution is 6.30. The zero-order valence-electron chi connectivity index (χ0n) is 13.8. The van der Waals surface area contributed by atoms with E-state index in [0.717, 1.165) is 0 Å². The van der Waals surface area contributed by atoms with Crippen LogP contribution in [0.5, 0.6) is 0 Å². The Hall–Kier alpha value is -1.86. The predicted octanol–water partition coefficient (Wildman–Crippen LogP) is 1.79. The summed E-state index contributed by atoms with van der Waals surface area (Å²) in [4.78, 5) is 28.2. The minimum atomic E-state index is -0.997. The second-order valence-corrected chi connectivity index (χ2v) is 6.44. The smallest absolute Gasteiger partial charge is 0.331 e. The highest BCUT2D eigenvalue weighted by Gasteiger charge is 2.32. The maximum atomic E-state index is 12.3. The van der Waals surface area contributed by atoms with Gasteiger partial charge in [-0.1, -0.05) is 11.6 Å². The number of carbonyl (C=O) groups is 2. The average molecular weight is 344 g/mol. The summed E-state index contributed by atoms with van der Waals surface area (Å²) in [5.74, 6) is -1.23. The van der Waals surface area contributed by atoms with Crippen molar-refractivity contribution in [1.82, 2.24) is 10.3 Å². The van der Waals surface area contributed by atoms with Crippen LogP contribution < -0.4 is 11.1 Å². The van der Waals surface area contributed by atoms with Crippen molar-refractivity contribution in [2.75, 3.05) is 12.8 Å². The number of nitrogens with two attached hydrogens (primary N) is 1. The summed E-state index contributed by atoms with van der Waals surface area (Å²) in [6.45, 7) is 7.21. The van der Waals surface area contributed by atoms with E-state index >= 15 is 0 Å². The summed E-state index contributed by atoms with van der Waals surface area (Å²) in [5, 5.41) is 2.86. The van der Waals surface area contributed by atoms with Crippen LogP contribution in [-0.4, -0.2) is 41.7 Å². The molecule has 0 saturated carbocycles. The van der Waals surface area contributed by atoms with E-state index in [-0.39, 0.29) is 11.4 Å². The van der Waals surface area contributed by atoms with Crippen LogP contribution in [-0.2, 0) is 14.3 Å². The van der Waals surface area contributed by atoms with Crippen LogP contribution in [0.4, 0.5) is 5.69 Å². The quantitative estimate of drug-likeness (QED) is 0.790. The third-order valence-corrected chi connectivity index (χ3v) is 3.06. The number of rotatable bonds is 5. The fraction of sp³-hybridized carbons (Fsp3) is 0.533. The number of pyridine rings is 1. The Kier molecular flexibility index (Phi) is 6.35. The molecule has 2 atom stereocenters. The lowest BCUT2D eigenvalue weighted by Gasteiger charge is -2.29. The number of esters is 1. The van der Waals surface area contributed by atoms with Crippen LogP contribution in [0.3, 0.4) is 0 Å². The van der Waals surface area contributed by atoms with Crippen molar-refractivity contribution < 1.29 is 19.1 Å². The maximum Gasteiger partial charge on any atom is 0.331 e. The molecule has 1 amide bonds. The molecule has 1 heterocycles. The second-order valence-electron chi connectivity index (χ2n) is 6.00. The van der Waals surface area contributed by atoms with Gasteiger partial charge in [-0.05, 0) is 33.8 Å². The van der Waals surface area contributed by atoms with Crippen LogP contribution in [0.2, 0.25) is 5.02 Å². The van der Waals surface area contributed by atoms with Crippen molar-refractivity contribution in [3.63, 3.8) is 0 Å². The van der Waals surface area contributed by atoms with Crippen molar-refractivity contribution in [2.24, 2.45) is 0 Å². The highest BCUT2D eigenvalue weighted by atomic mass is 35.5. The predicted molar refractivity (Wildman–Crippen MR) is 87.2 cm³/mol. The third-order valence-electron chi connectivity index (χ3n) is 2.85. The molecule has 0 spiro atoms. The molecule has 1 aromatic rings. The average Bonchev–Trinajstić information content (AvgIpc) is 2.41. The SMILES string of the molecule is COC(=O)[C@@H](NC(=O)c1ncc(Cl)cc1N)[C@@H](C)OC(C)(C)C. The van der Waals surface area contributed by atoms with Gasteiger partial charge < -0.3 is 20.5 Å². The number of amides is 1. The third kappa shape index (κ3) is 5.69. The van der Waals surface area contributed by atoms with Gasteiger partial charge in [-0.3, -0.25) is 4.79 Å². The number of nitrogens with one attached hydrogen (secondary N) is 1. The number of nitrogen functional groups attached to an aromatic ring is 1. The molecule has 0 unspecified atom stereocenters. The van der Waals surface area contributed by atoms with Crippen molar-refractivity contribution in [3.8, 4) is 0 Å². The molecule has 128 valence electrons. The second kappa shape index (κ2) is 7.61. The monoisotopic (exact) mass is 343 g/mol. The van der Waals surface area contributed by atoms with Gasteiger partial charge in [0, 0.05) is 6.20 Å². The van der Waals surface area contributed by atoms with E-state index in [0.29, 0.717) is 5.02 Å². The van der Waals surface area contributed by atoms with E-state index in [1.165, 1.54) is 19.4 Å². The lowest BCUT2D eigenvalue weighted by atomic mass is 10.1. The van der Waals surface area contributed by atoms with Gasteiger partial charge in [0.2, 0.25) is 0 Å². The molecule has 0 saturated heterocycles. The molecule has 0 aliphatic carbocycles. The van der Waals surface area contributed by atoms with Gasteiger partial charge >= 0.3 is 5.97 Å². The molecule has 0 fully saturated rings. The van der Waals surface area contributed by atoms with Gasteiger partial charge in [-0.25, -0.2) is 9.78 Å². The number of anilines is 1. The van der Waals surface area contributed by atoms with Gasteiger partial charge in [0.1, 0.15) is 0 Å². The van der Waals surface area contributed by atoms with E-state index in [1.807, 2.05) is 20.8 Å². The fourth-order valence-electron chi connectivity index (χ4n) is 1.97. The molecule has 0 radical (unpaired) electrons. The lowest BCUT2D eigenvalue weighted by molar-refractivity contribution is -0.150. The molecule has 3 N–H and O–H groups in total. The van der Waals surface area contributed by atoms with Crippen LogP contribution in [0.15, 0.2) is 12.3 Å². The minimum Gasteiger partial charge on any atom is -0.467 e. The maximum absolute atomic E-state index is 12.3. The lowest BCUT2D eigenvalue weighted by Crippen LogP contribution is -2.51. The molecule has 0 aliphatic heterocycles. The number of aromatic nitrogens is 1.